The lowest BCUT2D eigenvalue weighted by atomic mass is 10.2. The highest BCUT2D eigenvalue weighted by atomic mass is 127. The molecule has 0 bridgehead atoms. The van der Waals surface area contributed by atoms with Gasteiger partial charge in [0.2, 0.25) is 0 Å². The summed E-state index contributed by atoms with van der Waals surface area (Å²) in [6.45, 7) is 0.661. The third kappa shape index (κ3) is 6.21. The molecule has 0 unspecified atom stereocenters. The predicted octanol–water partition coefficient (Wildman–Crippen LogP) is 2.82. The topological polar surface area (TPSA) is 63.2 Å². The Labute approximate surface area is 134 Å². The van der Waals surface area contributed by atoms with Crippen LogP contribution in [0.4, 0.5) is 0 Å². The van der Waals surface area contributed by atoms with Crippen LogP contribution in [0.15, 0.2) is 29.2 Å². The molecule has 0 saturated carbocycles. The summed E-state index contributed by atoms with van der Waals surface area (Å²) in [5.74, 6) is -0.154. The van der Waals surface area contributed by atoms with E-state index in [2.05, 4.69) is 27.9 Å². The number of alkyl halides is 1. The zero-order valence-corrected chi connectivity index (χ0v) is 14.5. The van der Waals surface area contributed by atoms with E-state index < -0.39 is 9.84 Å². The van der Waals surface area contributed by atoms with Crippen molar-refractivity contribution in [3.8, 4) is 0 Å². The highest BCUT2D eigenvalue weighted by Crippen LogP contribution is 2.10. The van der Waals surface area contributed by atoms with E-state index in [-0.39, 0.29) is 10.8 Å². The molecule has 6 heteroatoms. The number of halogens is 1. The van der Waals surface area contributed by atoms with Crippen LogP contribution in [0.1, 0.15) is 36.0 Å². The van der Waals surface area contributed by atoms with Crippen LogP contribution in [0.5, 0.6) is 0 Å². The number of amides is 1. The molecule has 0 aromatic heterocycles. The monoisotopic (exact) mass is 409 g/mol. The first-order chi connectivity index (χ1) is 9.45. The smallest absolute Gasteiger partial charge is 0.251 e. The maximum absolute atomic E-state index is 11.8. The van der Waals surface area contributed by atoms with Crippen LogP contribution in [0, 0.1) is 0 Å². The van der Waals surface area contributed by atoms with Gasteiger partial charge in [-0.1, -0.05) is 35.4 Å². The number of hydrogen-bond donors (Lipinski definition) is 1. The summed E-state index contributed by atoms with van der Waals surface area (Å²) in [5.41, 5.74) is 0.490. The summed E-state index contributed by atoms with van der Waals surface area (Å²) in [6, 6.07) is 6.01. The molecular weight excluding hydrogens is 389 g/mol. The normalized spacial score (nSPS) is 11.3. The Hall–Kier alpha value is -0.630. The molecule has 0 heterocycles. The average molecular weight is 409 g/mol. The lowest BCUT2D eigenvalue weighted by Gasteiger charge is -2.06. The van der Waals surface area contributed by atoms with Gasteiger partial charge in [-0.2, -0.15) is 0 Å². The van der Waals surface area contributed by atoms with Crippen molar-refractivity contribution in [2.75, 3.05) is 17.2 Å². The van der Waals surface area contributed by atoms with Gasteiger partial charge in [0.15, 0.2) is 9.84 Å². The Bertz CT molecular complexity index is 526. The summed E-state index contributed by atoms with van der Waals surface area (Å²) in [7, 11) is -3.21. The Morgan fingerprint density at radius 1 is 1.10 bits per heavy atom. The summed E-state index contributed by atoms with van der Waals surface area (Å²) in [4.78, 5) is 12.1. The summed E-state index contributed by atoms with van der Waals surface area (Å²) < 4.78 is 23.8. The first-order valence-electron chi connectivity index (χ1n) is 6.59. The molecule has 0 aliphatic carbocycles. The third-order valence-corrected chi connectivity index (χ3v) is 4.78. The van der Waals surface area contributed by atoms with E-state index in [4.69, 9.17) is 0 Å². The fraction of sp³-hybridized carbons (Fsp3) is 0.500. The quantitative estimate of drug-likeness (QED) is 0.408. The number of hydrogen-bond acceptors (Lipinski definition) is 3. The van der Waals surface area contributed by atoms with Crippen LogP contribution in [-0.4, -0.2) is 31.6 Å². The molecule has 0 fully saturated rings. The molecule has 1 aromatic carbocycles. The first-order valence-corrected chi connectivity index (χ1v) is 10.0. The van der Waals surface area contributed by atoms with Crippen LogP contribution >= 0.6 is 22.6 Å². The van der Waals surface area contributed by atoms with Gasteiger partial charge < -0.3 is 5.32 Å². The van der Waals surface area contributed by atoms with Crippen molar-refractivity contribution in [3.63, 3.8) is 0 Å². The second-order valence-corrected chi connectivity index (χ2v) is 7.75. The zero-order chi connectivity index (χ0) is 15.0. The fourth-order valence-corrected chi connectivity index (χ4v) is 2.90. The van der Waals surface area contributed by atoms with Gasteiger partial charge in [-0.25, -0.2) is 8.42 Å². The number of benzene rings is 1. The maximum Gasteiger partial charge on any atom is 0.251 e. The Morgan fingerprint density at radius 3 is 2.25 bits per heavy atom. The van der Waals surface area contributed by atoms with Crippen LogP contribution in [0.25, 0.3) is 0 Å². The number of carbonyl (C=O) groups is 1. The zero-order valence-electron chi connectivity index (χ0n) is 11.6. The SMILES string of the molecule is CS(=O)(=O)c1ccc(C(=O)NCCCCCCI)cc1. The minimum atomic E-state index is -3.21. The van der Waals surface area contributed by atoms with E-state index in [1.165, 1.54) is 29.4 Å². The molecule has 112 valence electrons. The number of carbonyl (C=O) groups excluding carboxylic acids is 1. The molecule has 0 spiro atoms. The summed E-state index contributed by atoms with van der Waals surface area (Å²) >= 11 is 2.36. The van der Waals surface area contributed by atoms with E-state index in [0.717, 1.165) is 19.1 Å². The number of unbranched alkanes of at least 4 members (excludes halogenated alkanes) is 3. The van der Waals surface area contributed by atoms with E-state index in [9.17, 15) is 13.2 Å². The minimum absolute atomic E-state index is 0.154. The van der Waals surface area contributed by atoms with Gasteiger partial charge >= 0.3 is 0 Å². The fourth-order valence-electron chi connectivity index (χ4n) is 1.73. The summed E-state index contributed by atoms with van der Waals surface area (Å²) in [5, 5.41) is 2.84. The molecular formula is C14H20INO3S. The van der Waals surface area contributed by atoms with E-state index >= 15 is 0 Å². The van der Waals surface area contributed by atoms with Gasteiger partial charge in [0.25, 0.3) is 5.91 Å². The number of rotatable bonds is 8. The van der Waals surface area contributed by atoms with Crippen molar-refractivity contribution in [3.05, 3.63) is 29.8 Å². The van der Waals surface area contributed by atoms with E-state index in [1.54, 1.807) is 12.1 Å². The molecule has 1 N–H and O–H groups in total. The van der Waals surface area contributed by atoms with Crippen LogP contribution in [-0.2, 0) is 9.84 Å². The van der Waals surface area contributed by atoms with Crippen molar-refractivity contribution in [1.29, 1.82) is 0 Å². The van der Waals surface area contributed by atoms with Gasteiger partial charge in [-0.15, -0.1) is 0 Å². The minimum Gasteiger partial charge on any atom is -0.352 e. The summed E-state index contributed by atoms with van der Waals surface area (Å²) in [6.07, 6.45) is 5.67. The van der Waals surface area contributed by atoms with Crippen molar-refractivity contribution >= 4 is 38.3 Å². The molecule has 4 nitrogen and oxygen atoms in total. The second-order valence-electron chi connectivity index (χ2n) is 4.66. The maximum atomic E-state index is 11.8. The van der Waals surface area contributed by atoms with Gasteiger partial charge in [0.05, 0.1) is 4.90 Å². The molecule has 20 heavy (non-hydrogen) atoms. The third-order valence-electron chi connectivity index (χ3n) is 2.89. The van der Waals surface area contributed by atoms with Gasteiger partial charge in [0.1, 0.15) is 0 Å². The van der Waals surface area contributed by atoms with Crippen molar-refractivity contribution < 1.29 is 13.2 Å². The molecule has 1 rings (SSSR count). The lowest BCUT2D eigenvalue weighted by molar-refractivity contribution is 0.0953. The second kappa shape index (κ2) is 8.61. The highest BCUT2D eigenvalue weighted by molar-refractivity contribution is 14.1. The number of nitrogens with one attached hydrogen (secondary N) is 1. The highest BCUT2D eigenvalue weighted by Gasteiger charge is 2.09. The molecule has 0 aliphatic rings. The van der Waals surface area contributed by atoms with Gasteiger partial charge in [0, 0.05) is 18.4 Å². The van der Waals surface area contributed by atoms with Gasteiger partial charge in [-0.05, 0) is 41.5 Å². The van der Waals surface area contributed by atoms with E-state index in [1.807, 2.05) is 0 Å². The molecule has 1 amide bonds. The van der Waals surface area contributed by atoms with Gasteiger partial charge in [-0.3, -0.25) is 4.79 Å². The lowest BCUT2D eigenvalue weighted by Crippen LogP contribution is -2.24. The molecule has 0 radical (unpaired) electrons. The first kappa shape index (κ1) is 17.4. The Balaban J connectivity index is 2.40. The van der Waals surface area contributed by atoms with Crippen molar-refractivity contribution in [2.24, 2.45) is 0 Å². The van der Waals surface area contributed by atoms with Crippen LogP contribution in [0.2, 0.25) is 0 Å². The molecule has 0 aliphatic heterocycles. The van der Waals surface area contributed by atoms with Crippen molar-refractivity contribution in [1.82, 2.24) is 5.32 Å². The van der Waals surface area contributed by atoms with Crippen LogP contribution < -0.4 is 5.32 Å². The Kier molecular flexibility index (Phi) is 7.50. The van der Waals surface area contributed by atoms with Crippen LogP contribution in [0.3, 0.4) is 0 Å². The van der Waals surface area contributed by atoms with E-state index in [0.29, 0.717) is 12.1 Å². The largest absolute Gasteiger partial charge is 0.352 e. The predicted molar refractivity (Wildman–Crippen MR) is 89.2 cm³/mol. The van der Waals surface area contributed by atoms with Crippen molar-refractivity contribution in [2.45, 2.75) is 30.6 Å². The molecule has 0 atom stereocenters. The standard InChI is InChI=1S/C14H20INO3S/c1-20(18,19)13-8-6-12(7-9-13)14(17)16-11-5-3-2-4-10-15/h6-9H,2-5,10-11H2,1H3,(H,16,17). The molecule has 0 saturated heterocycles. The number of sulfone groups is 1. The molecule has 1 aromatic rings. The average Bonchev–Trinajstić information content (AvgIpc) is 2.41. The Morgan fingerprint density at radius 2 is 1.70 bits per heavy atom.